The zero-order chi connectivity index (χ0) is 18.4. The smallest absolute Gasteiger partial charge is 0.251 e. The summed E-state index contributed by atoms with van der Waals surface area (Å²) in [5.74, 6) is 1.62. The maximum Gasteiger partial charge on any atom is 0.251 e. The van der Waals surface area contributed by atoms with Gasteiger partial charge in [-0.25, -0.2) is 0 Å². The van der Waals surface area contributed by atoms with Crippen LogP contribution in [-0.2, 0) is 6.54 Å². The van der Waals surface area contributed by atoms with E-state index in [0.29, 0.717) is 29.5 Å². The lowest BCUT2D eigenvalue weighted by molar-refractivity contribution is 0.0930. The van der Waals surface area contributed by atoms with Crippen molar-refractivity contribution in [1.82, 2.24) is 10.2 Å². The van der Waals surface area contributed by atoms with Crippen LogP contribution in [0.15, 0.2) is 35.7 Å². The number of carbonyl (C=O) groups excluding carboxylic acids is 1. The van der Waals surface area contributed by atoms with E-state index in [0.717, 1.165) is 26.1 Å². The lowest BCUT2D eigenvalue weighted by Gasteiger charge is -2.32. The van der Waals surface area contributed by atoms with Crippen molar-refractivity contribution in [3.63, 3.8) is 0 Å². The van der Waals surface area contributed by atoms with E-state index < -0.39 is 0 Å². The molecular formula is C20H26N2O3S. The van der Waals surface area contributed by atoms with E-state index in [2.05, 4.69) is 27.7 Å². The molecule has 6 heteroatoms. The molecule has 140 valence electrons. The van der Waals surface area contributed by atoms with Crippen molar-refractivity contribution in [1.29, 1.82) is 0 Å². The van der Waals surface area contributed by atoms with Crippen molar-refractivity contribution in [3.05, 3.63) is 46.2 Å². The van der Waals surface area contributed by atoms with E-state index in [-0.39, 0.29) is 5.91 Å². The summed E-state index contributed by atoms with van der Waals surface area (Å²) in [5, 5.41) is 5.20. The third-order valence-corrected chi connectivity index (χ3v) is 5.62. The SMILES string of the molecule is COc1ccc(C(=O)NCC2CCCN(Cc3cccs3)C2)cc1OC. The van der Waals surface area contributed by atoms with Crippen LogP contribution < -0.4 is 14.8 Å². The molecule has 1 unspecified atom stereocenters. The molecule has 0 saturated carbocycles. The Morgan fingerprint density at radius 2 is 2.12 bits per heavy atom. The number of methoxy groups -OCH3 is 2. The number of nitrogens with zero attached hydrogens (tertiary/aromatic N) is 1. The molecule has 5 nitrogen and oxygen atoms in total. The van der Waals surface area contributed by atoms with Gasteiger partial charge in [-0.2, -0.15) is 0 Å². The Balaban J connectivity index is 1.52. The number of nitrogens with one attached hydrogen (secondary N) is 1. The lowest BCUT2D eigenvalue weighted by atomic mass is 9.97. The molecule has 1 amide bonds. The summed E-state index contributed by atoms with van der Waals surface area (Å²) < 4.78 is 10.5. The van der Waals surface area contributed by atoms with Gasteiger partial charge in [-0.05, 0) is 54.9 Å². The second kappa shape index (κ2) is 9.05. The zero-order valence-corrected chi connectivity index (χ0v) is 16.2. The highest BCUT2D eigenvalue weighted by atomic mass is 32.1. The molecule has 1 saturated heterocycles. The molecule has 3 rings (SSSR count). The first-order valence-corrected chi connectivity index (χ1v) is 9.82. The predicted octanol–water partition coefficient (Wildman–Crippen LogP) is 3.41. The molecule has 0 aliphatic carbocycles. The van der Waals surface area contributed by atoms with E-state index in [1.54, 1.807) is 43.8 Å². The van der Waals surface area contributed by atoms with Gasteiger partial charge in [-0.1, -0.05) is 6.07 Å². The minimum absolute atomic E-state index is 0.0682. The molecule has 26 heavy (non-hydrogen) atoms. The number of hydrogen-bond acceptors (Lipinski definition) is 5. The number of likely N-dealkylation sites (tertiary alicyclic amines) is 1. The predicted molar refractivity (Wildman–Crippen MR) is 104 cm³/mol. The van der Waals surface area contributed by atoms with Gasteiger partial charge in [0.15, 0.2) is 11.5 Å². The van der Waals surface area contributed by atoms with Crippen molar-refractivity contribution in [2.75, 3.05) is 33.9 Å². The molecule has 2 heterocycles. The third kappa shape index (κ3) is 4.77. The molecule has 0 radical (unpaired) electrons. The van der Waals surface area contributed by atoms with Gasteiger partial charge in [0.1, 0.15) is 0 Å². The van der Waals surface area contributed by atoms with Crippen LogP contribution in [0, 0.1) is 5.92 Å². The first-order chi connectivity index (χ1) is 12.7. The van der Waals surface area contributed by atoms with Crippen molar-refractivity contribution in [3.8, 4) is 11.5 Å². The molecule has 1 atom stereocenters. The van der Waals surface area contributed by atoms with Gasteiger partial charge in [0, 0.05) is 30.1 Å². The van der Waals surface area contributed by atoms with E-state index in [1.165, 1.54) is 11.3 Å². The number of thiophene rings is 1. The second-order valence-corrected chi connectivity index (χ2v) is 7.63. The summed E-state index contributed by atoms with van der Waals surface area (Å²) in [6.45, 7) is 3.88. The number of ether oxygens (including phenoxy) is 2. The second-order valence-electron chi connectivity index (χ2n) is 6.60. The van der Waals surface area contributed by atoms with Crippen LogP contribution in [0.2, 0.25) is 0 Å². The largest absolute Gasteiger partial charge is 0.493 e. The number of carbonyl (C=O) groups is 1. The van der Waals surface area contributed by atoms with Gasteiger partial charge in [-0.3, -0.25) is 9.69 Å². The van der Waals surface area contributed by atoms with Gasteiger partial charge < -0.3 is 14.8 Å². The highest BCUT2D eigenvalue weighted by Gasteiger charge is 2.21. The summed E-state index contributed by atoms with van der Waals surface area (Å²) in [6.07, 6.45) is 2.34. The van der Waals surface area contributed by atoms with Crippen molar-refractivity contribution < 1.29 is 14.3 Å². The number of rotatable bonds is 7. The number of amides is 1. The highest BCUT2D eigenvalue weighted by Crippen LogP contribution is 2.27. The summed E-state index contributed by atoms with van der Waals surface area (Å²) in [6, 6.07) is 9.54. The van der Waals surface area contributed by atoms with Gasteiger partial charge >= 0.3 is 0 Å². The molecule has 1 aromatic carbocycles. The van der Waals surface area contributed by atoms with Gasteiger partial charge in [0.2, 0.25) is 0 Å². The standard InChI is InChI=1S/C20H26N2O3S/c1-24-18-8-7-16(11-19(18)25-2)20(23)21-12-15-5-3-9-22(13-15)14-17-6-4-10-26-17/h4,6-8,10-11,15H,3,5,9,12-14H2,1-2H3,(H,21,23). The lowest BCUT2D eigenvalue weighted by Crippen LogP contribution is -2.40. The summed E-state index contributed by atoms with van der Waals surface area (Å²) >= 11 is 1.81. The topological polar surface area (TPSA) is 50.8 Å². The van der Waals surface area contributed by atoms with Crippen LogP contribution in [-0.4, -0.2) is 44.7 Å². The average molecular weight is 375 g/mol. The van der Waals surface area contributed by atoms with E-state index >= 15 is 0 Å². The quantitative estimate of drug-likeness (QED) is 0.807. The molecule has 2 aromatic rings. The normalized spacial score (nSPS) is 17.7. The molecule has 1 aromatic heterocycles. The third-order valence-electron chi connectivity index (χ3n) is 4.76. The zero-order valence-electron chi connectivity index (χ0n) is 15.4. The molecule has 0 bridgehead atoms. The Kier molecular flexibility index (Phi) is 6.52. The number of hydrogen-bond donors (Lipinski definition) is 1. The summed E-state index contributed by atoms with van der Waals surface area (Å²) in [5.41, 5.74) is 0.592. The average Bonchev–Trinajstić information content (AvgIpc) is 3.18. The Bertz CT molecular complexity index is 718. The van der Waals surface area contributed by atoms with Crippen molar-refractivity contribution >= 4 is 17.2 Å². The van der Waals surface area contributed by atoms with Crippen LogP contribution in [0.1, 0.15) is 28.1 Å². The Morgan fingerprint density at radius 1 is 1.27 bits per heavy atom. The van der Waals surface area contributed by atoms with E-state index in [4.69, 9.17) is 9.47 Å². The monoisotopic (exact) mass is 374 g/mol. The molecule has 1 fully saturated rings. The molecule has 1 N–H and O–H groups in total. The first-order valence-electron chi connectivity index (χ1n) is 8.94. The van der Waals surface area contributed by atoms with E-state index in [9.17, 15) is 4.79 Å². The minimum Gasteiger partial charge on any atom is -0.493 e. The molecule has 0 spiro atoms. The van der Waals surface area contributed by atoms with Crippen LogP contribution in [0.5, 0.6) is 11.5 Å². The van der Waals surface area contributed by atoms with E-state index in [1.807, 2.05) is 0 Å². The van der Waals surface area contributed by atoms with Crippen LogP contribution in [0.4, 0.5) is 0 Å². The maximum absolute atomic E-state index is 12.5. The van der Waals surface area contributed by atoms with Gasteiger partial charge in [0.25, 0.3) is 5.91 Å². The van der Waals surface area contributed by atoms with Gasteiger partial charge in [0.05, 0.1) is 14.2 Å². The van der Waals surface area contributed by atoms with Crippen molar-refractivity contribution in [2.45, 2.75) is 19.4 Å². The van der Waals surface area contributed by atoms with Crippen molar-refractivity contribution in [2.24, 2.45) is 5.92 Å². The summed E-state index contributed by atoms with van der Waals surface area (Å²) in [7, 11) is 3.16. The molecule has 1 aliphatic heterocycles. The fraction of sp³-hybridized carbons (Fsp3) is 0.450. The maximum atomic E-state index is 12.5. The van der Waals surface area contributed by atoms with Gasteiger partial charge in [-0.15, -0.1) is 11.3 Å². The fourth-order valence-corrected chi connectivity index (χ4v) is 4.15. The van der Waals surface area contributed by atoms with Crippen LogP contribution >= 0.6 is 11.3 Å². The van der Waals surface area contributed by atoms with Crippen LogP contribution in [0.25, 0.3) is 0 Å². The highest BCUT2D eigenvalue weighted by molar-refractivity contribution is 7.09. The minimum atomic E-state index is -0.0682. The Labute approximate surface area is 158 Å². The number of piperidine rings is 1. The first kappa shape index (κ1) is 18.7. The molecule has 1 aliphatic rings. The molecular weight excluding hydrogens is 348 g/mol. The fourth-order valence-electron chi connectivity index (χ4n) is 3.40. The number of benzene rings is 1. The summed E-state index contributed by atoms with van der Waals surface area (Å²) in [4.78, 5) is 16.4. The van der Waals surface area contributed by atoms with Crippen LogP contribution in [0.3, 0.4) is 0 Å². The Hall–Kier alpha value is -2.05. The Morgan fingerprint density at radius 3 is 2.85 bits per heavy atom.